The van der Waals surface area contributed by atoms with Crippen molar-refractivity contribution in [1.82, 2.24) is 20.2 Å². The molecule has 3 heterocycles. The molecule has 9 nitrogen and oxygen atoms in total. The maximum Gasteiger partial charge on any atom is 0.418 e. The number of halogens is 4. The van der Waals surface area contributed by atoms with Crippen LogP contribution in [-0.2, 0) is 22.3 Å². The van der Waals surface area contributed by atoms with Crippen molar-refractivity contribution >= 4 is 34.8 Å². The zero-order valence-electron chi connectivity index (χ0n) is 19.2. The second-order valence-corrected chi connectivity index (χ2v) is 8.41. The van der Waals surface area contributed by atoms with Crippen LogP contribution in [0.5, 0.6) is 5.88 Å². The number of carbonyl (C=O) groups is 2. The van der Waals surface area contributed by atoms with Gasteiger partial charge in [0, 0.05) is 42.5 Å². The lowest BCUT2D eigenvalue weighted by atomic mass is 9.95. The van der Waals surface area contributed by atoms with E-state index < -0.39 is 29.5 Å². The smallest absolute Gasteiger partial charge is 0.418 e. The van der Waals surface area contributed by atoms with Crippen molar-refractivity contribution in [2.24, 2.45) is 11.7 Å². The van der Waals surface area contributed by atoms with Crippen molar-refractivity contribution in [3.05, 3.63) is 58.5 Å². The van der Waals surface area contributed by atoms with Crippen molar-refractivity contribution in [3.8, 4) is 5.88 Å². The Bertz CT molecular complexity index is 1180. The van der Waals surface area contributed by atoms with Crippen molar-refractivity contribution in [2.45, 2.75) is 25.6 Å². The van der Waals surface area contributed by atoms with Gasteiger partial charge in [0.2, 0.25) is 11.8 Å². The average molecular weight is 525 g/mol. The Morgan fingerprint density at radius 1 is 1.33 bits per heavy atom. The molecule has 13 heteroatoms. The second kappa shape index (κ2) is 11.4. The first kappa shape index (κ1) is 26.9. The van der Waals surface area contributed by atoms with Gasteiger partial charge in [0.1, 0.15) is 5.71 Å². The van der Waals surface area contributed by atoms with E-state index in [0.717, 1.165) is 6.07 Å². The molecule has 4 N–H and O–H groups in total. The van der Waals surface area contributed by atoms with Crippen LogP contribution in [0.15, 0.2) is 36.7 Å². The number of likely N-dealkylation sites (tertiary alicyclic amines) is 1. The largest absolute Gasteiger partial charge is 0.481 e. The number of aromatic nitrogens is 2. The van der Waals surface area contributed by atoms with Gasteiger partial charge in [0.15, 0.2) is 0 Å². The summed E-state index contributed by atoms with van der Waals surface area (Å²) in [7, 11) is 1.42. The molecule has 2 amide bonds. The first-order valence-corrected chi connectivity index (χ1v) is 11.2. The van der Waals surface area contributed by atoms with Crippen LogP contribution in [-0.4, -0.2) is 52.6 Å². The molecule has 0 spiro atoms. The topological polar surface area (TPSA) is 134 Å². The van der Waals surface area contributed by atoms with E-state index in [-0.39, 0.29) is 47.6 Å². The Balaban J connectivity index is 1.55. The third-order valence-corrected chi connectivity index (χ3v) is 5.96. The molecule has 2 aromatic rings. The molecule has 1 fully saturated rings. The summed E-state index contributed by atoms with van der Waals surface area (Å²) in [6.07, 6.45) is -0.215. The van der Waals surface area contributed by atoms with Gasteiger partial charge in [-0.05, 0) is 31.1 Å². The fraction of sp³-hybridized carbons (Fsp3) is 0.348. The number of methoxy groups -OCH3 is 1. The summed E-state index contributed by atoms with van der Waals surface area (Å²) in [5, 5.41) is 10.9. The minimum absolute atomic E-state index is 0.0843. The standard InChI is InChI=1S/C23H24ClF3N6O3/c1-36-20-9-14(16(24)11-31-20)17(28)10-18(29)22(35)33-7-4-13(5-8-33)21(34)32-12-19-15(23(25,26)27)3-2-6-30-19/h2-3,6,9-11,13,29H,4-5,7-8,12,28H2,1H3,(H,32,34)/b17-10-,29-18?. The minimum Gasteiger partial charge on any atom is -0.481 e. The van der Waals surface area contributed by atoms with Gasteiger partial charge < -0.3 is 20.7 Å². The Kier molecular flexibility index (Phi) is 8.51. The maximum absolute atomic E-state index is 13.1. The highest BCUT2D eigenvalue weighted by molar-refractivity contribution is 6.43. The molecule has 0 unspecified atom stereocenters. The first-order valence-electron chi connectivity index (χ1n) is 10.8. The molecule has 0 saturated carbocycles. The molecule has 1 saturated heterocycles. The Labute approximate surface area is 210 Å². The SMILES string of the molecule is COc1cc(/C(N)=C/C(=N)C(=O)N2CCC(C(=O)NCc3ncccc3C(F)(F)F)CC2)c(Cl)cn1. The summed E-state index contributed by atoms with van der Waals surface area (Å²) in [6.45, 7) is 0.0489. The van der Waals surface area contributed by atoms with Gasteiger partial charge in [0.25, 0.3) is 5.91 Å². The molecule has 192 valence electrons. The number of hydrogen-bond donors (Lipinski definition) is 3. The molecule has 2 aromatic heterocycles. The number of rotatable bonds is 7. The zero-order chi connectivity index (χ0) is 26.5. The fourth-order valence-electron chi connectivity index (χ4n) is 3.71. The third-order valence-electron chi connectivity index (χ3n) is 5.66. The van der Waals surface area contributed by atoms with Gasteiger partial charge in [-0.2, -0.15) is 13.2 Å². The average Bonchev–Trinajstić information content (AvgIpc) is 2.86. The van der Waals surface area contributed by atoms with E-state index in [9.17, 15) is 22.8 Å². The minimum atomic E-state index is -4.57. The van der Waals surface area contributed by atoms with Crippen LogP contribution < -0.4 is 15.8 Å². The normalized spacial score (nSPS) is 14.9. The van der Waals surface area contributed by atoms with Crippen LogP contribution >= 0.6 is 11.6 Å². The van der Waals surface area contributed by atoms with E-state index in [0.29, 0.717) is 18.4 Å². The van der Waals surface area contributed by atoms with E-state index in [1.54, 1.807) is 0 Å². The fourth-order valence-corrected chi connectivity index (χ4v) is 3.93. The lowest BCUT2D eigenvalue weighted by molar-refractivity contribution is -0.139. The highest BCUT2D eigenvalue weighted by atomic mass is 35.5. The summed E-state index contributed by atoms with van der Waals surface area (Å²) in [5.41, 5.74) is 4.93. The Hall–Kier alpha value is -3.67. The number of nitrogens with two attached hydrogens (primary N) is 1. The summed E-state index contributed by atoms with van der Waals surface area (Å²) >= 11 is 6.10. The van der Waals surface area contributed by atoms with E-state index in [2.05, 4.69) is 15.3 Å². The van der Waals surface area contributed by atoms with Gasteiger partial charge >= 0.3 is 6.18 Å². The van der Waals surface area contributed by atoms with Crippen molar-refractivity contribution < 1.29 is 27.5 Å². The molecular weight excluding hydrogens is 501 g/mol. The summed E-state index contributed by atoms with van der Waals surface area (Å²) in [6, 6.07) is 3.58. The van der Waals surface area contributed by atoms with E-state index in [1.165, 1.54) is 42.6 Å². The molecular formula is C23H24ClF3N6O3. The predicted molar refractivity (Wildman–Crippen MR) is 126 cm³/mol. The molecule has 36 heavy (non-hydrogen) atoms. The molecule has 0 aromatic carbocycles. The Morgan fingerprint density at radius 2 is 2.03 bits per heavy atom. The summed E-state index contributed by atoms with van der Waals surface area (Å²) in [4.78, 5) is 34.3. The molecule has 1 aliphatic heterocycles. The number of pyridine rings is 2. The monoisotopic (exact) mass is 524 g/mol. The maximum atomic E-state index is 13.1. The molecule has 0 radical (unpaired) electrons. The molecule has 0 atom stereocenters. The van der Waals surface area contributed by atoms with Gasteiger partial charge in [0.05, 0.1) is 36.1 Å². The second-order valence-electron chi connectivity index (χ2n) is 8.00. The van der Waals surface area contributed by atoms with E-state index in [4.69, 9.17) is 27.5 Å². The molecule has 0 aliphatic carbocycles. The van der Waals surface area contributed by atoms with Crippen LogP contribution in [0.3, 0.4) is 0 Å². The number of amides is 2. The van der Waals surface area contributed by atoms with E-state index >= 15 is 0 Å². The first-order chi connectivity index (χ1) is 17.0. The lowest BCUT2D eigenvalue weighted by Gasteiger charge is -2.31. The summed E-state index contributed by atoms with van der Waals surface area (Å²) < 4.78 is 44.4. The van der Waals surface area contributed by atoms with Crippen LogP contribution in [0.25, 0.3) is 5.70 Å². The summed E-state index contributed by atoms with van der Waals surface area (Å²) in [5.74, 6) is -1.20. The number of nitrogens with zero attached hydrogens (tertiary/aromatic N) is 3. The van der Waals surface area contributed by atoms with Crippen molar-refractivity contribution in [3.63, 3.8) is 0 Å². The third kappa shape index (κ3) is 6.51. The lowest BCUT2D eigenvalue weighted by Crippen LogP contribution is -2.45. The number of alkyl halides is 3. The number of carbonyl (C=O) groups excluding carboxylic acids is 2. The van der Waals surface area contributed by atoms with E-state index in [1.807, 2.05) is 0 Å². The molecule has 1 aliphatic rings. The van der Waals surface area contributed by atoms with Crippen LogP contribution in [0.4, 0.5) is 13.2 Å². The molecule has 3 rings (SSSR count). The number of ether oxygens (including phenoxy) is 1. The van der Waals surface area contributed by atoms with Crippen LogP contribution in [0.1, 0.15) is 29.7 Å². The van der Waals surface area contributed by atoms with Crippen molar-refractivity contribution in [2.75, 3.05) is 20.2 Å². The number of nitrogens with one attached hydrogen (secondary N) is 2. The van der Waals surface area contributed by atoms with Crippen LogP contribution in [0, 0.1) is 11.3 Å². The van der Waals surface area contributed by atoms with Gasteiger partial charge in [-0.1, -0.05) is 11.6 Å². The quantitative estimate of drug-likeness (QED) is 0.477. The number of hydrogen-bond acceptors (Lipinski definition) is 7. The van der Waals surface area contributed by atoms with Gasteiger partial charge in [-0.15, -0.1) is 0 Å². The highest BCUT2D eigenvalue weighted by Gasteiger charge is 2.34. The number of piperidine rings is 1. The predicted octanol–water partition coefficient (Wildman–Crippen LogP) is 3.03. The Morgan fingerprint density at radius 3 is 2.67 bits per heavy atom. The van der Waals surface area contributed by atoms with Crippen LogP contribution in [0.2, 0.25) is 5.02 Å². The zero-order valence-corrected chi connectivity index (χ0v) is 20.0. The van der Waals surface area contributed by atoms with Gasteiger partial charge in [-0.25, -0.2) is 4.98 Å². The highest BCUT2D eigenvalue weighted by Crippen LogP contribution is 2.31. The van der Waals surface area contributed by atoms with Crippen molar-refractivity contribution in [1.29, 1.82) is 5.41 Å². The van der Waals surface area contributed by atoms with Gasteiger partial charge in [-0.3, -0.25) is 20.0 Å². The molecule has 0 bridgehead atoms.